The van der Waals surface area contributed by atoms with E-state index in [9.17, 15) is 4.39 Å². The van der Waals surface area contributed by atoms with Crippen LogP contribution in [0.15, 0.2) is 45.5 Å². The fraction of sp³-hybridized carbons (Fsp3) is 0.333. The van der Waals surface area contributed by atoms with Crippen molar-refractivity contribution < 1.29 is 8.81 Å². The van der Waals surface area contributed by atoms with Crippen molar-refractivity contribution in [3.8, 4) is 0 Å². The van der Waals surface area contributed by atoms with Crippen LogP contribution in [0.1, 0.15) is 30.7 Å². The summed E-state index contributed by atoms with van der Waals surface area (Å²) in [6.45, 7) is 3.02. The molecule has 0 saturated heterocycles. The molecular weight excluding hydrogens is 309 g/mol. The van der Waals surface area contributed by atoms with E-state index < -0.39 is 0 Å². The molecule has 0 aliphatic rings. The lowest BCUT2D eigenvalue weighted by atomic mass is 10.0. The molecule has 1 aromatic carbocycles. The molecule has 0 aliphatic carbocycles. The van der Waals surface area contributed by atoms with Gasteiger partial charge in [-0.1, -0.05) is 19.1 Å². The number of hydrogen-bond acceptors (Lipinski definition) is 2. The maximum absolute atomic E-state index is 13.2. The Kier molecular flexibility index (Phi) is 5.16. The molecule has 2 rings (SSSR count). The van der Waals surface area contributed by atoms with E-state index in [-0.39, 0.29) is 11.9 Å². The third kappa shape index (κ3) is 4.18. The Morgan fingerprint density at radius 1 is 1.32 bits per heavy atom. The van der Waals surface area contributed by atoms with Crippen LogP contribution in [0.2, 0.25) is 0 Å². The second-order valence-electron chi connectivity index (χ2n) is 4.48. The molecule has 0 aliphatic heterocycles. The van der Waals surface area contributed by atoms with E-state index in [4.69, 9.17) is 4.42 Å². The molecule has 0 saturated carbocycles. The molecule has 0 radical (unpaired) electrons. The van der Waals surface area contributed by atoms with Crippen molar-refractivity contribution in [1.82, 2.24) is 5.32 Å². The highest BCUT2D eigenvalue weighted by atomic mass is 79.9. The largest absolute Gasteiger partial charge is 0.453 e. The van der Waals surface area contributed by atoms with Crippen LogP contribution in [0.4, 0.5) is 4.39 Å². The molecule has 1 unspecified atom stereocenters. The number of furan rings is 1. The molecule has 102 valence electrons. The Morgan fingerprint density at radius 3 is 2.79 bits per heavy atom. The number of benzene rings is 1. The summed E-state index contributed by atoms with van der Waals surface area (Å²) in [4.78, 5) is 0. The average molecular weight is 326 g/mol. The Morgan fingerprint density at radius 2 is 2.16 bits per heavy atom. The van der Waals surface area contributed by atoms with Gasteiger partial charge in [0.25, 0.3) is 0 Å². The highest BCUT2D eigenvalue weighted by Crippen LogP contribution is 2.23. The fourth-order valence-electron chi connectivity index (χ4n) is 2.01. The Labute approximate surface area is 121 Å². The molecular formula is C15H17BrFNO. The molecule has 1 aromatic heterocycles. The van der Waals surface area contributed by atoms with E-state index in [1.165, 1.54) is 6.07 Å². The summed E-state index contributed by atoms with van der Waals surface area (Å²) in [5, 5.41) is 3.43. The lowest BCUT2D eigenvalue weighted by Gasteiger charge is -2.16. The summed E-state index contributed by atoms with van der Waals surface area (Å²) in [7, 11) is 0. The first-order valence-electron chi connectivity index (χ1n) is 6.42. The minimum Gasteiger partial charge on any atom is -0.453 e. The van der Waals surface area contributed by atoms with Gasteiger partial charge in [-0.3, -0.25) is 0 Å². The van der Waals surface area contributed by atoms with E-state index in [2.05, 4.69) is 28.2 Å². The van der Waals surface area contributed by atoms with Crippen molar-refractivity contribution in [3.05, 3.63) is 58.2 Å². The Hall–Kier alpha value is -1.13. The molecule has 0 fully saturated rings. The van der Waals surface area contributed by atoms with Gasteiger partial charge in [-0.25, -0.2) is 4.39 Å². The lowest BCUT2D eigenvalue weighted by Crippen LogP contribution is -2.23. The van der Waals surface area contributed by atoms with Gasteiger partial charge in [-0.15, -0.1) is 0 Å². The maximum atomic E-state index is 13.2. The van der Waals surface area contributed by atoms with Crippen LogP contribution in [0.25, 0.3) is 0 Å². The normalized spacial score (nSPS) is 12.6. The predicted octanol–water partition coefficient (Wildman–Crippen LogP) is 4.46. The van der Waals surface area contributed by atoms with Crippen molar-refractivity contribution in [2.45, 2.75) is 25.8 Å². The molecule has 4 heteroatoms. The zero-order chi connectivity index (χ0) is 13.7. The van der Waals surface area contributed by atoms with Crippen LogP contribution in [0, 0.1) is 5.82 Å². The van der Waals surface area contributed by atoms with Gasteiger partial charge in [0.1, 0.15) is 11.6 Å². The number of halogens is 2. The van der Waals surface area contributed by atoms with Crippen LogP contribution in [0.3, 0.4) is 0 Å². The van der Waals surface area contributed by atoms with Crippen LogP contribution in [0.5, 0.6) is 0 Å². The zero-order valence-electron chi connectivity index (χ0n) is 10.8. The minimum atomic E-state index is -0.202. The average Bonchev–Trinajstić information content (AvgIpc) is 2.81. The van der Waals surface area contributed by atoms with Crippen LogP contribution in [-0.4, -0.2) is 6.54 Å². The molecule has 1 atom stereocenters. The van der Waals surface area contributed by atoms with Gasteiger partial charge in [0.15, 0.2) is 4.67 Å². The fourth-order valence-corrected chi connectivity index (χ4v) is 2.33. The highest BCUT2D eigenvalue weighted by Gasteiger charge is 2.15. The molecule has 2 aromatic rings. The molecule has 1 N–H and O–H groups in total. The van der Waals surface area contributed by atoms with Gasteiger partial charge < -0.3 is 9.73 Å². The smallest absolute Gasteiger partial charge is 0.169 e. The Balaban J connectivity index is 2.13. The molecule has 19 heavy (non-hydrogen) atoms. The Bertz CT molecular complexity index is 526. The standard InChI is InChI=1S/C15H17BrFNO/c1-2-8-18-13(14-6-7-15(16)19-14)10-11-4-3-5-12(17)9-11/h3-7,9,13,18H,2,8,10H2,1H3. The molecule has 1 heterocycles. The summed E-state index contributed by atoms with van der Waals surface area (Å²) in [6, 6.07) is 10.6. The molecule has 0 amide bonds. The zero-order valence-corrected chi connectivity index (χ0v) is 12.4. The van der Waals surface area contributed by atoms with E-state index >= 15 is 0 Å². The summed E-state index contributed by atoms with van der Waals surface area (Å²) >= 11 is 3.31. The van der Waals surface area contributed by atoms with Crippen LogP contribution >= 0.6 is 15.9 Å². The van der Waals surface area contributed by atoms with Crippen molar-refractivity contribution in [1.29, 1.82) is 0 Å². The first-order chi connectivity index (χ1) is 9.19. The second kappa shape index (κ2) is 6.87. The summed E-state index contributed by atoms with van der Waals surface area (Å²) in [6.07, 6.45) is 1.75. The summed E-state index contributed by atoms with van der Waals surface area (Å²) in [5.41, 5.74) is 0.959. The van der Waals surface area contributed by atoms with Crippen molar-refractivity contribution in [2.24, 2.45) is 0 Å². The maximum Gasteiger partial charge on any atom is 0.169 e. The lowest BCUT2D eigenvalue weighted by molar-refractivity contribution is 0.399. The highest BCUT2D eigenvalue weighted by molar-refractivity contribution is 9.10. The van der Waals surface area contributed by atoms with Crippen molar-refractivity contribution in [2.75, 3.05) is 6.54 Å². The third-order valence-corrected chi connectivity index (χ3v) is 3.33. The number of hydrogen-bond donors (Lipinski definition) is 1. The SMILES string of the molecule is CCCNC(Cc1cccc(F)c1)c1ccc(Br)o1. The van der Waals surface area contributed by atoms with Gasteiger partial charge >= 0.3 is 0 Å². The van der Waals surface area contributed by atoms with Crippen molar-refractivity contribution >= 4 is 15.9 Å². The predicted molar refractivity (Wildman–Crippen MR) is 77.5 cm³/mol. The van der Waals surface area contributed by atoms with Gasteiger partial charge in [0.05, 0.1) is 6.04 Å². The van der Waals surface area contributed by atoms with Crippen molar-refractivity contribution in [3.63, 3.8) is 0 Å². The quantitative estimate of drug-likeness (QED) is 0.847. The van der Waals surface area contributed by atoms with Gasteiger partial charge in [-0.2, -0.15) is 0 Å². The summed E-state index contributed by atoms with van der Waals surface area (Å²) < 4.78 is 19.5. The first kappa shape index (κ1) is 14.3. The van der Waals surface area contributed by atoms with E-state index in [1.807, 2.05) is 18.2 Å². The van der Waals surface area contributed by atoms with Gasteiger partial charge in [0, 0.05) is 0 Å². The molecule has 0 spiro atoms. The first-order valence-corrected chi connectivity index (χ1v) is 7.21. The number of nitrogens with one attached hydrogen (secondary N) is 1. The second-order valence-corrected chi connectivity index (χ2v) is 5.26. The van der Waals surface area contributed by atoms with E-state index in [1.54, 1.807) is 12.1 Å². The van der Waals surface area contributed by atoms with Crippen LogP contribution < -0.4 is 5.32 Å². The minimum absolute atomic E-state index is 0.0630. The van der Waals surface area contributed by atoms with E-state index in [0.717, 1.165) is 24.3 Å². The third-order valence-electron chi connectivity index (χ3n) is 2.91. The van der Waals surface area contributed by atoms with Gasteiger partial charge in [-0.05, 0) is 65.1 Å². The van der Waals surface area contributed by atoms with Crippen LogP contribution in [-0.2, 0) is 6.42 Å². The molecule has 2 nitrogen and oxygen atoms in total. The molecule has 0 bridgehead atoms. The summed E-state index contributed by atoms with van der Waals surface area (Å²) in [5.74, 6) is 0.664. The monoisotopic (exact) mass is 325 g/mol. The van der Waals surface area contributed by atoms with E-state index in [0.29, 0.717) is 11.1 Å². The van der Waals surface area contributed by atoms with Gasteiger partial charge in [0.2, 0.25) is 0 Å². The number of rotatable bonds is 6. The topological polar surface area (TPSA) is 25.2 Å².